The van der Waals surface area contributed by atoms with E-state index in [0.717, 1.165) is 4.57 Å². The van der Waals surface area contributed by atoms with Crippen molar-refractivity contribution in [2.45, 2.75) is 26.6 Å². The second kappa shape index (κ2) is 6.01. The first-order chi connectivity index (χ1) is 12.1. The molecule has 2 aromatic rings. The Morgan fingerprint density at radius 1 is 1.08 bits per heavy atom. The van der Waals surface area contributed by atoms with Crippen LogP contribution in [0.3, 0.4) is 0 Å². The third kappa shape index (κ3) is 2.96. The van der Waals surface area contributed by atoms with Gasteiger partial charge in [-0.15, -0.1) is 0 Å². The second-order valence-corrected chi connectivity index (χ2v) is 5.82. The summed E-state index contributed by atoms with van der Waals surface area (Å²) < 4.78 is 38.9. The molecule has 0 radical (unpaired) electrons. The molecule has 2 heterocycles. The first kappa shape index (κ1) is 17.7. The average Bonchev–Trinajstić information content (AvgIpc) is 2.97. The molecule has 0 bridgehead atoms. The van der Waals surface area contributed by atoms with Gasteiger partial charge in [-0.25, -0.2) is 4.79 Å². The lowest BCUT2D eigenvalue weighted by molar-refractivity contribution is -0.141. The molecule has 1 aliphatic heterocycles. The molecule has 3 rings (SSSR count). The number of benzene rings is 1. The standard InChI is InChI=1S/C17H13F3N2O4/c1-9-7-13(10(2)21(9)8-17(18,19)20)16(25)26-22-14(23)11-5-3-4-6-12(11)15(22)24/h3-7H,8H2,1-2H3. The van der Waals surface area contributed by atoms with Gasteiger partial charge >= 0.3 is 12.1 Å². The highest BCUT2D eigenvalue weighted by atomic mass is 19.4. The topological polar surface area (TPSA) is 68.6 Å². The number of imide groups is 1. The highest BCUT2D eigenvalue weighted by molar-refractivity contribution is 6.21. The Morgan fingerprint density at radius 2 is 1.62 bits per heavy atom. The van der Waals surface area contributed by atoms with Crippen LogP contribution in [-0.4, -0.2) is 33.6 Å². The number of halogens is 3. The number of aryl methyl sites for hydroxylation is 1. The quantitative estimate of drug-likeness (QED) is 0.783. The molecule has 0 fully saturated rings. The van der Waals surface area contributed by atoms with Gasteiger partial charge in [0.25, 0.3) is 11.8 Å². The van der Waals surface area contributed by atoms with Gasteiger partial charge in [0.1, 0.15) is 6.54 Å². The van der Waals surface area contributed by atoms with Crippen molar-refractivity contribution in [2.75, 3.05) is 0 Å². The van der Waals surface area contributed by atoms with Crippen LogP contribution in [0.1, 0.15) is 42.5 Å². The van der Waals surface area contributed by atoms with Crippen molar-refractivity contribution in [2.24, 2.45) is 0 Å². The number of fused-ring (bicyclic) bond motifs is 1. The number of alkyl halides is 3. The number of hydroxylamine groups is 2. The summed E-state index contributed by atoms with van der Waals surface area (Å²) in [6, 6.07) is 7.17. The van der Waals surface area contributed by atoms with E-state index in [9.17, 15) is 27.6 Å². The van der Waals surface area contributed by atoms with E-state index in [1.54, 1.807) is 12.1 Å². The molecule has 0 saturated carbocycles. The average molecular weight is 366 g/mol. The highest BCUT2D eigenvalue weighted by Crippen LogP contribution is 2.26. The van der Waals surface area contributed by atoms with Crippen molar-refractivity contribution in [3.8, 4) is 0 Å². The third-order valence-electron chi connectivity index (χ3n) is 4.06. The Labute approximate surface area is 145 Å². The van der Waals surface area contributed by atoms with Crippen LogP contribution in [0.15, 0.2) is 30.3 Å². The van der Waals surface area contributed by atoms with Gasteiger partial charge in [-0.2, -0.15) is 13.2 Å². The Hall–Kier alpha value is -3.10. The van der Waals surface area contributed by atoms with Gasteiger partial charge in [0.05, 0.1) is 16.7 Å². The SMILES string of the molecule is Cc1cc(C(=O)ON2C(=O)c3ccccc3C2=O)c(C)n1CC(F)(F)F. The van der Waals surface area contributed by atoms with E-state index in [4.69, 9.17) is 4.84 Å². The predicted octanol–water partition coefficient (Wildman–Crippen LogP) is 3.04. The number of rotatable bonds is 3. The van der Waals surface area contributed by atoms with Gasteiger partial charge in [0, 0.05) is 11.4 Å². The first-order valence-corrected chi connectivity index (χ1v) is 7.53. The van der Waals surface area contributed by atoms with Crippen molar-refractivity contribution >= 4 is 17.8 Å². The fraction of sp³-hybridized carbons (Fsp3) is 0.235. The number of carbonyl (C=O) groups is 3. The molecule has 1 aromatic carbocycles. The fourth-order valence-electron chi connectivity index (χ4n) is 2.81. The van der Waals surface area contributed by atoms with Crippen LogP contribution in [-0.2, 0) is 11.4 Å². The maximum absolute atomic E-state index is 12.7. The number of nitrogens with zero attached hydrogens (tertiary/aromatic N) is 2. The second-order valence-electron chi connectivity index (χ2n) is 5.82. The lowest BCUT2D eigenvalue weighted by atomic mass is 10.1. The summed E-state index contributed by atoms with van der Waals surface area (Å²) >= 11 is 0. The van der Waals surface area contributed by atoms with Crippen LogP contribution in [0.5, 0.6) is 0 Å². The number of hydrogen-bond acceptors (Lipinski definition) is 4. The Bertz CT molecular complexity index is 896. The van der Waals surface area contributed by atoms with Gasteiger partial charge in [-0.05, 0) is 32.0 Å². The van der Waals surface area contributed by atoms with E-state index in [1.165, 1.54) is 32.0 Å². The molecule has 1 aliphatic rings. The number of aromatic nitrogens is 1. The molecule has 136 valence electrons. The summed E-state index contributed by atoms with van der Waals surface area (Å²) in [6.07, 6.45) is -4.46. The Kier molecular flexibility index (Phi) is 4.09. The number of carbonyl (C=O) groups excluding carboxylic acids is 3. The van der Waals surface area contributed by atoms with Crippen LogP contribution in [0.2, 0.25) is 0 Å². The molecule has 0 unspecified atom stereocenters. The molecule has 0 N–H and O–H groups in total. The van der Waals surface area contributed by atoms with E-state index >= 15 is 0 Å². The lowest BCUT2D eigenvalue weighted by Crippen LogP contribution is -2.32. The molecule has 0 saturated heterocycles. The first-order valence-electron chi connectivity index (χ1n) is 7.53. The monoisotopic (exact) mass is 366 g/mol. The zero-order chi connectivity index (χ0) is 19.2. The van der Waals surface area contributed by atoms with Crippen molar-refractivity contribution in [1.82, 2.24) is 9.63 Å². The van der Waals surface area contributed by atoms with E-state index in [0.29, 0.717) is 5.06 Å². The molecule has 0 spiro atoms. The van der Waals surface area contributed by atoms with Gasteiger partial charge in [-0.1, -0.05) is 17.2 Å². The van der Waals surface area contributed by atoms with E-state index < -0.39 is 30.5 Å². The van der Waals surface area contributed by atoms with E-state index in [2.05, 4.69) is 0 Å². The molecule has 0 atom stereocenters. The van der Waals surface area contributed by atoms with Crippen molar-refractivity contribution < 1.29 is 32.4 Å². The fourth-order valence-corrected chi connectivity index (χ4v) is 2.81. The van der Waals surface area contributed by atoms with Gasteiger partial charge in [-0.3, -0.25) is 9.59 Å². The van der Waals surface area contributed by atoms with Crippen LogP contribution in [0.25, 0.3) is 0 Å². The van der Waals surface area contributed by atoms with Crippen molar-refractivity contribution in [3.63, 3.8) is 0 Å². The summed E-state index contributed by atoms with van der Waals surface area (Å²) in [6.45, 7) is 1.49. The maximum atomic E-state index is 12.7. The zero-order valence-electron chi connectivity index (χ0n) is 13.8. The lowest BCUT2D eigenvalue weighted by Gasteiger charge is -2.14. The normalized spacial score (nSPS) is 14.0. The van der Waals surface area contributed by atoms with Crippen LogP contribution < -0.4 is 0 Å². The molecule has 2 amide bonds. The van der Waals surface area contributed by atoms with Gasteiger partial charge < -0.3 is 9.40 Å². The Balaban J connectivity index is 1.85. The molecule has 26 heavy (non-hydrogen) atoms. The zero-order valence-corrected chi connectivity index (χ0v) is 13.8. The summed E-state index contributed by atoms with van der Waals surface area (Å²) in [5, 5.41) is 0.322. The minimum Gasteiger partial charge on any atom is -0.339 e. The van der Waals surface area contributed by atoms with Gasteiger partial charge in [0.15, 0.2) is 0 Å². The molecule has 9 heteroatoms. The largest absolute Gasteiger partial charge is 0.406 e. The van der Waals surface area contributed by atoms with Crippen LogP contribution in [0.4, 0.5) is 13.2 Å². The number of amides is 2. The smallest absolute Gasteiger partial charge is 0.339 e. The molecular formula is C17H13F3N2O4. The van der Waals surface area contributed by atoms with Crippen molar-refractivity contribution in [1.29, 1.82) is 0 Å². The highest BCUT2D eigenvalue weighted by Gasteiger charge is 2.39. The molecule has 0 aliphatic carbocycles. The van der Waals surface area contributed by atoms with Crippen LogP contribution >= 0.6 is 0 Å². The predicted molar refractivity (Wildman–Crippen MR) is 82.3 cm³/mol. The minimum absolute atomic E-state index is 0.0291. The van der Waals surface area contributed by atoms with Crippen LogP contribution in [0, 0.1) is 13.8 Å². The summed E-state index contributed by atoms with van der Waals surface area (Å²) in [4.78, 5) is 41.6. The maximum Gasteiger partial charge on any atom is 0.406 e. The molecule has 6 nitrogen and oxygen atoms in total. The van der Waals surface area contributed by atoms with E-state index in [1.807, 2.05) is 0 Å². The molecular weight excluding hydrogens is 353 g/mol. The number of hydrogen-bond donors (Lipinski definition) is 0. The summed E-state index contributed by atoms with van der Waals surface area (Å²) in [5.41, 5.74) is 0.263. The van der Waals surface area contributed by atoms with Crippen molar-refractivity contribution in [3.05, 3.63) is 58.4 Å². The summed E-state index contributed by atoms with van der Waals surface area (Å²) in [5.74, 6) is -2.69. The summed E-state index contributed by atoms with van der Waals surface area (Å²) in [7, 11) is 0. The third-order valence-corrected chi connectivity index (χ3v) is 4.06. The van der Waals surface area contributed by atoms with Gasteiger partial charge in [0.2, 0.25) is 0 Å². The van der Waals surface area contributed by atoms with E-state index in [-0.39, 0.29) is 28.1 Å². The Morgan fingerprint density at radius 3 is 2.12 bits per heavy atom. The minimum atomic E-state index is -4.46. The molecule has 1 aromatic heterocycles.